The molecule has 76 heavy (non-hydrogen) atoms. The second-order valence-corrected chi connectivity index (χ2v) is 20.0. The van der Waals surface area contributed by atoms with Crippen LogP contribution >= 0.6 is 0 Å². The predicted molar refractivity (Wildman–Crippen MR) is 318 cm³/mol. The van der Waals surface area contributed by atoms with Crippen LogP contribution in [-0.4, -0.2) is 9.13 Å². The van der Waals surface area contributed by atoms with E-state index < -0.39 is 5.41 Å². The van der Waals surface area contributed by atoms with E-state index >= 15 is 0 Å². The molecule has 1 aliphatic carbocycles. The molecule has 0 radical (unpaired) electrons. The van der Waals surface area contributed by atoms with E-state index in [4.69, 9.17) is 0 Å². The first-order valence-corrected chi connectivity index (χ1v) is 26.2. The minimum atomic E-state index is -0.524. The van der Waals surface area contributed by atoms with E-state index in [1.54, 1.807) is 0 Å². The van der Waals surface area contributed by atoms with Crippen molar-refractivity contribution in [1.29, 1.82) is 0 Å². The molecule has 0 spiro atoms. The highest BCUT2D eigenvalue weighted by atomic mass is 15.1. The molecule has 0 fully saturated rings. The third-order valence-electron chi connectivity index (χ3n) is 16.0. The Morgan fingerprint density at radius 3 is 1.28 bits per heavy atom. The lowest BCUT2D eigenvalue weighted by atomic mass is 9.67. The summed E-state index contributed by atoms with van der Waals surface area (Å²) in [5.74, 6) is 0. The van der Waals surface area contributed by atoms with Crippen molar-refractivity contribution in [2.75, 3.05) is 4.90 Å². The molecule has 0 N–H and O–H groups in total. The summed E-state index contributed by atoms with van der Waals surface area (Å²) in [5, 5.41) is 4.91. The Bertz CT molecular complexity index is 4420. The van der Waals surface area contributed by atoms with Gasteiger partial charge in [-0.05, 0) is 147 Å². The summed E-state index contributed by atoms with van der Waals surface area (Å²) in [5.41, 5.74) is 22.1. The number of hydrogen-bond donors (Lipinski definition) is 0. The highest BCUT2D eigenvalue weighted by molar-refractivity contribution is 6.19. The van der Waals surface area contributed by atoms with Gasteiger partial charge in [0, 0.05) is 50.0 Å². The lowest BCUT2D eigenvalue weighted by Crippen LogP contribution is -2.28. The highest BCUT2D eigenvalue weighted by Crippen LogP contribution is 2.57. The van der Waals surface area contributed by atoms with Gasteiger partial charge in [0.25, 0.3) is 0 Å². The van der Waals surface area contributed by atoms with Gasteiger partial charge < -0.3 is 14.0 Å². The van der Waals surface area contributed by atoms with Gasteiger partial charge in [-0.1, -0.05) is 206 Å². The zero-order chi connectivity index (χ0) is 50.2. The summed E-state index contributed by atoms with van der Waals surface area (Å²) in [6, 6.07) is 109. The molecule has 0 atom stereocenters. The first-order chi connectivity index (χ1) is 37.7. The molecule has 0 aliphatic heterocycles. The van der Waals surface area contributed by atoms with Crippen LogP contribution < -0.4 is 4.90 Å². The molecule has 12 aromatic carbocycles. The second kappa shape index (κ2) is 17.6. The molecule has 2 aromatic heterocycles. The number of nitrogens with zero attached hydrogens (tertiary/aromatic N) is 3. The molecule has 0 saturated heterocycles. The van der Waals surface area contributed by atoms with E-state index in [1.165, 1.54) is 93.7 Å². The van der Waals surface area contributed by atoms with Gasteiger partial charge in [0.1, 0.15) is 0 Å². The van der Waals surface area contributed by atoms with E-state index in [0.29, 0.717) is 0 Å². The van der Waals surface area contributed by atoms with Crippen molar-refractivity contribution in [2.45, 2.75) is 5.41 Å². The molecule has 1 aliphatic rings. The van der Waals surface area contributed by atoms with Gasteiger partial charge >= 0.3 is 0 Å². The number of aromatic nitrogens is 2. The third-order valence-corrected chi connectivity index (χ3v) is 16.0. The fourth-order valence-electron chi connectivity index (χ4n) is 12.6. The van der Waals surface area contributed by atoms with Crippen LogP contribution in [0.4, 0.5) is 17.1 Å². The molecule has 3 nitrogen and oxygen atoms in total. The molecule has 3 heteroatoms. The van der Waals surface area contributed by atoms with E-state index in [1.807, 2.05) is 0 Å². The van der Waals surface area contributed by atoms with E-state index in [9.17, 15) is 0 Å². The minimum absolute atomic E-state index is 0.524. The van der Waals surface area contributed by atoms with E-state index in [2.05, 4.69) is 311 Å². The summed E-state index contributed by atoms with van der Waals surface area (Å²) in [6.45, 7) is 0. The Morgan fingerprint density at radius 2 is 0.671 bits per heavy atom. The molecule has 0 bridgehead atoms. The average molecular weight is 968 g/mol. The highest BCUT2D eigenvalue weighted by Gasteiger charge is 2.46. The first kappa shape index (κ1) is 43.6. The predicted octanol–water partition coefficient (Wildman–Crippen LogP) is 19.0. The maximum Gasteiger partial charge on any atom is 0.0714 e. The van der Waals surface area contributed by atoms with Crippen molar-refractivity contribution < 1.29 is 0 Å². The van der Waals surface area contributed by atoms with Gasteiger partial charge in [-0.2, -0.15) is 0 Å². The van der Waals surface area contributed by atoms with Crippen molar-refractivity contribution in [3.63, 3.8) is 0 Å². The van der Waals surface area contributed by atoms with Crippen molar-refractivity contribution in [3.05, 3.63) is 320 Å². The normalized spacial score (nSPS) is 12.6. The van der Waals surface area contributed by atoms with Crippen LogP contribution in [-0.2, 0) is 5.41 Å². The number of rotatable bonds is 9. The Hall–Kier alpha value is -9.96. The van der Waals surface area contributed by atoms with Gasteiger partial charge in [-0.15, -0.1) is 0 Å². The minimum Gasteiger partial charge on any atom is -0.310 e. The Kier molecular flexibility index (Phi) is 10.1. The fraction of sp³-hybridized carbons (Fsp3) is 0.0137. The number of benzene rings is 12. The van der Waals surface area contributed by atoms with Crippen molar-refractivity contribution in [3.8, 4) is 44.8 Å². The SMILES string of the molecule is c1ccc(-c2ccc(N(c3ccc(-c4ccc5c(c4)c4cc6c(cc4n5-c4ccccc4)c4ccccc4n6-c4ccccc4)cc3)c3ccc4c(c3)C(c3ccccc3)(c3ccccc3)c3ccccc3-4)cc2)cc1. The van der Waals surface area contributed by atoms with Crippen LogP contribution in [0.2, 0.25) is 0 Å². The Balaban J connectivity index is 0.899. The van der Waals surface area contributed by atoms with E-state index in [0.717, 1.165) is 34.0 Å². The Labute approximate surface area is 442 Å². The molecule has 14 aromatic rings. The zero-order valence-corrected chi connectivity index (χ0v) is 41.6. The molecule has 0 saturated carbocycles. The van der Waals surface area contributed by atoms with Crippen LogP contribution in [0.15, 0.2) is 297 Å². The summed E-state index contributed by atoms with van der Waals surface area (Å²) >= 11 is 0. The Morgan fingerprint density at radius 1 is 0.250 bits per heavy atom. The third kappa shape index (κ3) is 6.76. The molecular formula is C73H49N3. The number of fused-ring (bicyclic) bond motifs is 9. The van der Waals surface area contributed by atoms with Gasteiger partial charge in [0.15, 0.2) is 0 Å². The smallest absolute Gasteiger partial charge is 0.0714 e. The van der Waals surface area contributed by atoms with Gasteiger partial charge in [0.05, 0.1) is 27.5 Å². The van der Waals surface area contributed by atoms with Gasteiger partial charge in [-0.3, -0.25) is 0 Å². The molecule has 2 heterocycles. The van der Waals surface area contributed by atoms with Crippen LogP contribution in [0.3, 0.4) is 0 Å². The average Bonchev–Trinajstić information content (AvgIpc) is 4.14. The number of para-hydroxylation sites is 3. The van der Waals surface area contributed by atoms with E-state index in [-0.39, 0.29) is 0 Å². The van der Waals surface area contributed by atoms with Gasteiger partial charge in [-0.25, -0.2) is 0 Å². The lowest BCUT2D eigenvalue weighted by Gasteiger charge is -2.35. The summed E-state index contributed by atoms with van der Waals surface area (Å²) in [4.78, 5) is 2.43. The molecule has 356 valence electrons. The number of hydrogen-bond acceptors (Lipinski definition) is 1. The maximum atomic E-state index is 2.46. The molecular weight excluding hydrogens is 919 g/mol. The largest absolute Gasteiger partial charge is 0.310 e. The fourth-order valence-corrected chi connectivity index (χ4v) is 12.6. The summed E-state index contributed by atoms with van der Waals surface area (Å²) in [6.07, 6.45) is 0. The summed E-state index contributed by atoms with van der Waals surface area (Å²) in [7, 11) is 0. The van der Waals surface area contributed by atoms with Gasteiger partial charge in [0.2, 0.25) is 0 Å². The van der Waals surface area contributed by atoms with Crippen LogP contribution in [0.1, 0.15) is 22.3 Å². The quantitative estimate of drug-likeness (QED) is 0.140. The molecule has 0 unspecified atom stereocenters. The van der Waals surface area contributed by atoms with Crippen LogP contribution in [0, 0.1) is 0 Å². The summed E-state index contributed by atoms with van der Waals surface area (Å²) < 4.78 is 4.86. The monoisotopic (exact) mass is 967 g/mol. The second-order valence-electron chi connectivity index (χ2n) is 20.0. The molecule has 0 amide bonds. The van der Waals surface area contributed by atoms with Crippen molar-refractivity contribution in [1.82, 2.24) is 9.13 Å². The van der Waals surface area contributed by atoms with Crippen molar-refractivity contribution >= 4 is 60.7 Å². The topological polar surface area (TPSA) is 13.1 Å². The lowest BCUT2D eigenvalue weighted by molar-refractivity contribution is 0.768. The molecule has 15 rings (SSSR count). The zero-order valence-electron chi connectivity index (χ0n) is 41.6. The number of anilines is 3. The maximum absolute atomic E-state index is 2.46. The first-order valence-electron chi connectivity index (χ1n) is 26.2. The standard InChI is InChI=1S/C73H49N3/c1-6-20-50(21-7-1)51-34-39-58(40-35-51)74(60-43-44-62-61-30-16-18-32-67(61)73(68(62)47-60,54-22-8-2-9-23-54)55-24-10-3-11-25-55)59-41-36-52(37-42-59)53-38-45-70-64(46-53)66-49-71-65(48-72(66)76(70)57-28-14-5-15-29-57)63-31-17-19-33-69(63)75(71)56-26-12-4-13-27-56/h1-49H. The van der Waals surface area contributed by atoms with Crippen LogP contribution in [0.25, 0.3) is 88.4 Å². The van der Waals surface area contributed by atoms with Crippen molar-refractivity contribution in [2.24, 2.45) is 0 Å². The van der Waals surface area contributed by atoms with Crippen LogP contribution in [0.5, 0.6) is 0 Å².